The SMILES string of the molecule is CC(C)N1CCc2c(N(C)c3ccccc3C(F)(F)F)ccnc2C1. The topological polar surface area (TPSA) is 19.4 Å². The smallest absolute Gasteiger partial charge is 0.344 e. The first-order valence-electron chi connectivity index (χ1n) is 8.40. The van der Waals surface area contributed by atoms with Gasteiger partial charge < -0.3 is 4.90 Å². The van der Waals surface area contributed by atoms with Crippen molar-refractivity contribution in [3.05, 3.63) is 53.3 Å². The van der Waals surface area contributed by atoms with E-state index in [9.17, 15) is 13.2 Å². The molecule has 2 heterocycles. The van der Waals surface area contributed by atoms with Crippen molar-refractivity contribution in [2.24, 2.45) is 0 Å². The summed E-state index contributed by atoms with van der Waals surface area (Å²) in [7, 11) is 1.69. The van der Waals surface area contributed by atoms with Gasteiger partial charge >= 0.3 is 6.18 Å². The van der Waals surface area contributed by atoms with Gasteiger partial charge in [-0.3, -0.25) is 9.88 Å². The van der Waals surface area contributed by atoms with Crippen LogP contribution >= 0.6 is 0 Å². The first kappa shape index (κ1) is 17.7. The van der Waals surface area contributed by atoms with E-state index in [1.807, 2.05) is 0 Å². The molecule has 25 heavy (non-hydrogen) atoms. The summed E-state index contributed by atoms with van der Waals surface area (Å²) in [5.74, 6) is 0. The highest BCUT2D eigenvalue weighted by atomic mass is 19.4. The van der Waals surface area contributed by atoms with Crippen molar-refractivity contribution in [3.8, 4) is 0 Å². The van der Waals surface area contributed by atoms with Crippen molar-refractivity contribution in [3.63, 3.8) is 0 Å². The zero-order chi connectivity index (χ0) is 18.2. The summed E-state index contributed by atoms with van der Waals surface area (Å²) in [6.45, 7) is 5.90. The summed E-state index contributed by atoms with van der Waals surface area (Å²) in [6.07, 6.45) is -1.91. The zero-order valence-electron chi connectivity index (χ0n) is 14.6. The van der Waals surface area contributed by atoms with Crippen LogP contribution in [0.3, 0.4) is 0 Å². The van der Waals surface area contributed by atoms with Gasteiger partial charge in [-0.25, -0.2) is 0 Å². The standard InChI is InChI=1S/C19H22F3N3/c1-13(2)25-11-9-14-16(12-25)23-10-8-17(14)24(3)18-7-5-4-6-15(18)19(20,21)22/h4-8,10,13H,9,11-12H2,1-3H3. The zero-order valence-corrected chi connectivity index (χ0v) is 14.6. The molecule has 1 aliphatic rings. The third-order valence-corrected chi connectivity index (χ3v) is 4.78. The van der Waals surface area contributed by atoms with E-state index >= 15 is 0 Å². The minimum Gasteiger partial charge on any atom is -0.344 e. The first-order valence-corrected chi connectivity index (χ1v) is 8.40. The van der Waals surface area contributed by atoms with Gasteiger partial charge in [-0.1, -0.05) is 12.1 Å². The van der Waals surface area contributed by atoms with Crippen LogP contribution in [0.15, 0.2) is 36.5 Å². The van der Waals surface area contributed by atoms with Crippen molar-refractivity contribution in [2.75, 3.05) is 18.5 Å². The van der Waals surface area contributed by atoms with Crippen LogP contribution in [0.5, 0.6) is 0 Å². The van der Waals surface area contributed by atoms with E-state index in [-0.39, 0.29) is 5.69 Å². The fraction of sp³-hybridized carbons (Fsp3) is 0.421. The Kier molecular flexibility index (Phi) is 4.73. The largest absolute Gasteiger partial charge is 0.418 e. The number of pyridine rings is 1. The Bertz CT molecular complexity index is 756. The summed E-state index contributed by atoms with van der Waals surface area (Å²) in [5.41, 5.74) is 2.33. The molecule has 1 aromatic carbocycles. The minimum atomic E-state index is -4.38. The van der Waals surface area contributed by atoms with Crippen LogP contribution < -0.4 is 4.90 Å². The Morgan fingerprint density at radius 3 is 2.52 bits per heavy atom. The Morgan fingerprint density at radius 1 is 1.12 bits per heavy atom. The van der Waals surface area contributed by atoms with E-state index in [1.54, 1.807) is 30.3 Å². The molecule has 0 bridgehead atoms. The molecule has 0 unspecified atom stereocenters. The first-order chi connectivity index (χ1) is 11.8. The number of benzene rings is 1. The molecule has 1 aromatic heterocycles. The Balaban J connectivity index is 2.01. The van der Waals surface area contributed by atoms with Gasteiger partial charge in [0.05, 0.1) is 16.9 Å². The Labute approximate surface area is 146 Å². The number of aromatic nitrogens is 1. The second-order valence-corrected chi connectivity index (χ2v) is 6.64. The Hall–Kier alpha value is -2.08. The maximum Gasteiger partial charge on any atom is 0.418 e. The molecule has 0 atom stereocenters. The van der Waals surface area contributed by atoms with Gasteiger partial charge in [0.1, 0.15) is 0 Å². The van der Waals surface area contributed by atoms with Crippen LogP contribution in [0.4, 0.5) is 24.5 Å². The second-order valence-electron chi connectivity index (χ2n) is 6.64. The van der Waals surface area contributed by atoms with Crippen molar-refractivity contribution in [2.45, 2.75) is 39.0 Å². The molecule has 134 valence electrons. The average Bonchev–Trinajstić information content (AvgIpc) is 2.59. The lowest BCUT2D eigenvalue weighted by molar-refractivity contribution is -0.137. The van der Waals surface area contributed by atoms with Gasteiger partial charge in [-0.2, -0.15) is 13.2 Å². The fourth-order valence-electron chi connectivity index (χ4n) is 3.35. The molecular formula is C19H22F3N3. The highest BCUT2D eigenvalue weighted by Crippen LogP contribution is 2.40. The molecule has 0 amide bonds. The highest BCUT2D eigenvalue weighted by molar-refractivity contribution is 5.69. The number of fused-ring (bicyclic) bond motifs is 1. The molecular weight excluding hydrogens is 327 g/mol. The third-order valence-electron chi connectivity index (χ3n) is 4.78. The molecule has 1 aliphatic heterocycles. The average molecular weight is 349 g/mol. The van der Waals surface area contributed by atoms with E-state index in [4.69, 9.17) is 0 Å². The molecule has 0 saturated heterocycles. The third kappa shape index (κ3) is 3.49. The maximum absolute atomic E-state index is 13.4. The monoisotopic (exact) mass is 349 g/mol. The van der Waals surface area contributed by atoms with Crippen molar-refractivity contribution >= 4 is 11.4 Å². The number of anilines is 2. The van der Waals surface area contributed by atoms with Gasteiger partial charge in [-0.05, 0) is 44.0 Å². The van der Waals surface area contributed by atoms with Crippen molar-refractivity contribution < 1.29 is 13.2 Å². The molecule has 0 aliphatic carbocycles. The van der Waals surface area contributed by atoms with Crippen LogP contribution in [0.25, 0.3) is 0 Å². The van der Waals surface area contributed by atoms with Crippen molar-refractivity contribution in [1.29, 1.82) is 0 Å². The van der Waals surface area contributed by atoms with Gasteiger partial charge in [0, 0.05) is 38.1 Å². The number of hydrogen-bond acceptors (Lipinski definition) is 3. The second kappa shape index (κ2) is 6.67. The van der Waals surface area contributed by atoms with Crippen LogP contribution in [-0.4, -0.2) is 29.5 Å². The minimum absolute atomic E-state index is 0.162. The van der Waals surface area contributed by atoms with E-state index < -0.39 is 11.7 Å². The van der Waals surface area contributed by atoms with Gasteiger partial charge in [-0.15, -0.1) is 0 Å². The lowest BCUT2D eigenvalue weighted by Gasteiger charge is -2.34. The number of rotatable bonds is 3. The quantitative estimate of drug-likeness (QED) is 0.805. The number of nitrogens with zero attached hydrogens (tertiary/aromatic N) is 3. The van der Waals surface area contributed by atoms with E-state index in [1.165, 1.54) is 12.1 Å². The lowest BCUT2D eigenvalue weighted by atomic mass is 10.0. The molecule has 2 aromatic rings. The Morgan fingerprint density at radius 2 is 1.84 bits per heavy atom. The van der Waals surface area contributed by atoms with Crippen LogP contribution in [0.2, 0.25) is 0 Å². The molecule has 3 nitrogen and oxygen atoms in total. The van der Waals surface area contributed by atoms with Gasteiger partial charge in [0.2, 0.25) is 0 Å². The van der Waals surface area contributed by atoms with Crippen LogP contribution in [0.1, 0.15) is 30.7 Å². The molecule has 0 radical (unpaired) electrons. The van der Waals surface area contributed by atoms with Gasteiger partial charge in [0.15, 0.2) is 0 Å². The molecule has 3 rings (SSSR count). The van der Waals surface area contributed by atoms with Crippen LogP contribution in [-0.2, 0) is 19.1 Å². The fourth-order valence-corrected chi connectivity index (χ4v) is 3.35. The number of alkyl halides is 3. The number of hydrogen-bond donors (Lipinski definition) is 0. The number of para-hydroxylation sites is 1. The van der Waals surface area contributed by atoms with E-state index in [0.29, 0.717) is 6.04 Å². The molecule has 0 fully saturated rings. The predicted octanol–water partition coefficient (Wildman–Crippen LogP) is 4.63. The summed E-state index contributed by atoms with van der Waals surface area (Å²) >= 11 is 0. The summed E-state index contributed by atoms with van der Waals surface area (Å²) in [4.78, 5) is 8.42. The summed E-state index contributed by atoms with van der Waals surface area (Å²) < 4.78 is 40.1. The maximum atomic E-state index is 13.4. The normalized spacial score (nSPS) is 15.3. The summed E-state index contributed by atoms with van der Waals surface area (Å²) in [5, 5.41) is 0. The molecule has 0 saturated carbocycles. The van der Waals surface area contributed by atoms with Gasteiger partial charge in [0.25, 0.3) is 0 Å². The highest BCUT2D eigenvalue weighted by Gasteiger charge is 2.34. The predicted molar refractivity (Wildman–Crippen MR) is 93.0 cm³/mol. The lowest BCUT2D eigenvalue weighted by Crippen LogP contribution is -2.37. The van der Waals surface area contributed by atoms with E-state index in [0.717, 1.165) is 42.5 Å². The number of halogens is 3. The molecule has 0 spiro atoms. The molecule has 6 heteroatoms. The van der Waals surface area contributed by atoms with E-state index in [2.05, 4.69) is 23.7 Å². The molecule has 0 N–H and O–H groups in total. The van der Waals surface area contributed by atoms with Crippen molar-refractivity contribution in [1.82, 2.24) is 9.88 Å². The summed E-state index contributed by atoms with van der Waals surface area (Å²) in [6, 6.07) is 7.91. The van der Waals surface area contributed by atoms with Crippen LogP contribution in [0, 0.1) is 0 Å².